The van der Waals surface area contributed by atoms with Gasteiger partial charge in [-0.25, -0.2) is 4.98 Å². The minimum atomic E-state index is -0.158. The second-order valence-corrected chi connectivity index (χ2v) is 4.42. The first kappa shape index (κ1) is 13.1. The van der Waals surface area contributed by atoms with Crippen molar-refractivity contribution in [3.63, 3.8) is 0 Å². The van der Waals surface area contributed by atoms with Crippen molar-refractivity contribution in [2.45, 2.75) is 13.8 Å². The van der Waals surface area contributed by atoms with Crippen molar-refractivity contribution in [3.05, 3.63) is 53.2 Å². The third kappa shape index (κ3) is 2.91. The smallest absolute Gasteiger partial charge is 0.258 e. The number of carbonyl (C=O) groups is 1. The first-order chi connectivity index (χ1) is 9.11. The third-order valence-electron chi connectivity index (χ3n) is 2.93. The Balaban J connectivity index is 2.30. The lowest BCUT2D eigenvalue weighted by Gasteiger charge is -2.11. The first-order valence-corrected chi connectivity index (χ1v) is 6.13. The molecule has 0 aliphatic carbocycles. The van der Waals surface area contributed by atoms with Crippen LogP contribution in [0.25, 0.3) is 0 Å². The second kappa shape index (κ2) is 5.52. The van der Waals surface area contributed by atoms with Crippen LogP contribution in [0.3, 0.4) is 0 Å². The lowest BCUT2D eigenvalue weighted by Crippen LogP contribution is -2.15. The fourth-order valence-electron chi connectivity index (χ4n) is 1.86. The SMILES string of the molecule is CNc1ccc(C)cc1C(=O)Nc1ncccc1C. The minimum absolute atomic E-state index is 0.158. The van der Waals surface area contributed by atoms with Gasteiger partial charge in [0.15, 0.2) is 0 Å². The number of nitrogens with one attached hydrogen (secondary N) is 2. The summed E-state index contributed by atoms with van der Waals surface area (Å²) in [5.74, 6) is 0.436. The number of nitrogens with zero attached hydrogens (tertiary/aromatic N) is 1. The predicted molar refractivity (Wildman–Crippen MR) is 77.7 cm³/mol. The highest BCUT2D eigenvalue weighted by Crippen LogP contribution is 2.19. The van der Waals surface area contributed by atoms with E-state index in [4.69, 9.17) is 0 Å². The van der Waals surface area contributed by atoms with Crippen LogP contribution in [0, 0.1) is 13.8 Å². The van der Waals surface area contributed by atoms with Crippen molar-refractivity contribution in [2.24, 2.45) is 0 Å². The number of hydrogen-bond acceptors (Lipinski definition) is 3. The quantitative estimate of drug-likeness (QED) is 0.886. The second-order valence-electron chi connectivity index (χ2n) is 4.42. The summed E-state index contributed by atoms with van der Waals surface area (Å²) >= 11 is 0. The molecule has 0 saturated heterocycles. The number of hydrogen-bond donors (Lipinski definition) is 2. The number of aromatic nitrogens is 1. The Morgan fingerprint density at radius 1 is 1.21 bits per heavy atom. The van der Waals surface area contributed by atoms with Crippen molar-refractivity contribution in [1.29, 1.82) is 0 Å². The molecule has 0 bridgehead atoms. The van der Waals surface area contributed by atoms with E-state index in [0.717, 1.165) is 16.8 Å². The molecule has 0 aliphatic rings. The first-order valence-electron chi connectivity index (χ1n) is 6.13. The molecule has 1 heterocycles. The predicted octanol–water partition coefficient (Wildman–Crippen LogP) is 2.99. The fourth-order valence-corrected chi connectivity index (χ4v) is 1.86. The molecule has 2 aromatic rings. The Morgan fingerprint density at radius 3 is 2.68 bits per heavy atom. The lowest BCUT2D eigenvalue weighted by molar-refractivity contribution is 0.102. The molecule has 0 radical (unpaired) electrons. The molecule has 0 saturated carbocycles. The van der Waals surface area contributed by atoms with E-state index in [1.54, 1.807) is 13.2 Å². The van der Waals surface area contributed by atoms with Gasteiger partial charge in [-0.2, -0.15) is 0 Å². The molecule has 1 aromatic heterocycles. The van der Waals surface area contributed by atoms with Gasteiger partial charge in [0.1, 0.15) is 5.82 Å². The van der Waals surface area contributed by atoms with Crippen molar-refractivity contribution in [3.8, 4) is 0 Å². The van der Waals surface area contributed by atoms with E-state index in [1.807, 2.05) is 44.2 Å². The van der Waals surface area contributed by atoms with E-state index in [1.165, 1.54) is 0 Å². The number of carbonyl (C=O) groups excluding carboxylic acids is 1. The van der Waals surface area contributed by atoms with Crippen LogP contribution in [0.5, 0.6) is 0 Å². The molecule has 2 rings (SSSR count). The molecule has 0 fully saturated rings. The van der Waals surface area contributed by atoms with Crippen molar-refractivity contribution in [2.75, 3.05) is 17.7 Å². The van der Waals surface area contributed by atoms with Gasteiger partial charge in [0.25, 0.3) is 5.91 Å². The molecular weight excluding hydrogens is 238 g/mol. The Bertz CT molecular complexity index is 608. The monoisotopic (exact) mass is 255 g/mol. The summed E-state index contributed by atoms with van der Waals surface area (Å²) in [5.41, 5.74) is 3.40. The summed E-state index contributed by atoms with van der Waals surface area (Å²) in [6.07, 6.45) is 1.66. The maximum Gasteiger partial charge on any atom is 0.258 e. The van der Waals surface area contributed by atoms with E-state index >= 15 is 0 Å². The van der Waals surface area contributed by atoms with Crippen LogP contribution in [-0.4, -0.2) is 17.9 Å². The highest BCUT2D eigenvalue weighted by molar-refractivity contribution is 6.08. The zero-order valence-electron chi connectivity index (χ0n) is 11.3. The Morgan fingerprint density at radius 2 is 2.00 bits per heavy atom. The number of pyridine rings is 1. The van der Waals surface area contributed by atoms with Gasteiger partial charge in [-0.15, -0.1) is 0 Å². The number of amides is 1. The topological polar surface area (TPSA) is 54.0 Å². The highest BCUT2D eigenvalue weighted by Gasteiger charge is 2.12. The van der Waals surface area contributed by atoms with Gasteiger partial charge >= 0.3 is 0 Å². The van der Waals surface area contributed by atoms with Gasteiger partial charge in [0.2, 0.25) is 0 Å². The Kier molecular flexibility index (Phi) is 3.80. The highest BCUT2D eigenvalue weighted by atomic mass is 16.1. The van der Waals surface area contributed by atoms with Crippen LogP contribution in [0.2, 0.25) is 0 Å². The summed E-state index contributed by atoms with van der Waals surface area (Å²) < 4.78 is 0. The molecule has 0 unspecified atom stereocenters. The molecule has 98 valence electrons. The van der Waals surface area contributed by atoms with Crippen LogP contribution in [-0.2, 0) is 0 Å². The van der Waals surface area contributed by atoms with Crippen LogP contribution in [0.4, 0.5) is 11.5 Å². The standard InChI is InChI=1S/C15H17N3O/c1-10-6-7-13(16-3)12(9-10)15(19)18-14-11(2)5-4-8-17-14/h4-9,16H,1-3H3,(H,17,18,19). The van der Waals surface area contributed by atoms with E-state index in [-0.39, 0.29) is 5.91 Å². The molecule has 2 N–H and O–H groups in total. The van der Waals surface area contributed by atoms with Crippen LogP contribution >= 0.6 is 0 Å². The maximum absolute atomic E-state index is 12.3. The summed E-state index contributed by atoms with van der Waals surface area (Å²) in [5, 5.41) is 5.86. The zero-order chi connectivity index (χ0) is 13.8. The van der Waals surface area contributed by atoms with E-state index in [2.05, 4.69) is 15.6 Å². The summed E-state index contributed by atoms with van der Waals surface area (Å²) in [7, 11) is 1.80. The van der Waals surface area contributed by atoms with Gasteiger partial charge in [-0.05, 0) is 37.6 Å². The average Bonchev–Trinajstić information content (AvgIpc) is 2.41. The van der Waals surface area contributed by atoms with Gasteiger partial charge in [-0.3, -0.25) is 4.79 Å². The van der Waals surface area contributed by atoms with E-state index in [9.17, 15) is 4.79 Å². The Hall–Kier alpha value is -2.36. The van der Waals surface area contributed by atoms with Crippen molar-refractivity contribution in [1.82, 2.24) is 4.98 Å². The number of benzene rings is 1. The minimum Gasteiger partial charge on any atom is -0.387 e. The number of aryl methyl sites for hydroxylation is 2. The van der Waals surface area contributed by atoms with E-state index in [0.29, 0.717) is 11.4 Å². The van der Waals surface area contributed by atoms with Gasteiger partial charge in [-0.1, -0.05) is 17.7 Å². The molecule has 0 atom stereocenters. The zero-order valence-corrected chi connectivity index (χ0v) is 11.3. The summed E-state index contributed by atoms with van der Waals surface area (Å²) in [4.78, 5) is 16.5. The van der Waals surface area contributed by atoms with Crippen LogP contribution in [0.15, 0.2) is 36.5 Å². The number of rotatable bonds is 3. The van der Waals surface area contributed by atoms with Gasteiger partial charge < -0.3 is 10.6 Å². The molecule has 0 aliphatic heterocycles. The molecule has 4 heteroatoms. The molecule has 1 aromatic carbocycles. The van der Waals surface area contributed by atoms with Gasteiger partial charge in [0, 0.05) is 18.9 Å². The molecule has 1 amide bonds. The van der Waals surface area contributed by atoms with Crippen molar-refractivity contribution < 1.29 is 4.79 Å². The molecular formula is C15H17N3O. The largest absolute Gasteiger partial charge is 0.387 e. The molecule has 0 spiro atoms. The van der Waals surface area contributed by atoms with Crippen LogP contribution in [0.1, 0.15) is 21.5 Å². The number of anilines is 2. The summed E-state index contributed by atoms with van der Waals surface area (Å²) in [6, 6.07) is 9.48. The summed E-state index contributed by atoms with van der Waals surface area (Å²) in [6.45, 7) is 3.88. The third-order valence-corrected chi connectivity index (χ3v) is 2.93. The fraction of sp³-hybridized carbons (Fsp3) is 0.200. The van der Waals surface area contributed by atoms with Crippen molar-refractivity contribution >= 4 is 17.4 Å². The average molecular weight is 255 g/mol. The van der Waals surface area contributed by atoms with E-state index < -0.39 is 0 Å². The maximum atomic E-state index is 12.3. The lowest BCUT2D eigenvalue weighted by atomic mass is 10.1. The van der Waals surface area contributed by atoms with Gasteiger partial charge in [0.05, 0.1) is 5.56 Å². The normalized spacial score (nSPS) is 10.1. The molecule has 19 heavy (non-hydrogen) atoms. The Labute approximate surface area is 112 Å². The molecule has 4 nitrogen and oxygen atoms in total. The van der Waals surface area contributed by atoms with Crippen LogP contribution < -0.4 is 10.6 Å².